The third-order valence-corrected chi connectivity index (χ3v) is 2.59. The first-order valence-electron chi connectivity index (χ1n) is 4.56. The topological polar surface area (TPSA) is 55.1 Å². The van der Waals surface area contributed by atoms with Crippen LogP contribution in [-0.4, -0.2) is 17.4 Å². The van der Waals surface area contributed by atoms with Gasteiger partial charge in [0, 0.05) is 5.69 Å². The number of nitrogen functional groups attached to an aromatic ring is 1. The Morgan fingerprint density at radius 3 is 2.93 bits per heavy atom. The number of halogens is 1. The van der Waals surface area contributed by atoms with Crippen molar-refractivity contribution in [1.29, 1.82) is 0 Å². The summed E-state index contributed by atoms with van der Waals surface area (Å²) in [5.74, 6) is 0.705. The largest absolute Gasteiger partial charge is 0.396 e. The van der Waals surface area contributed by atoms with Crippen LogP contribution in [0.15, 0.2) is 18.2 Å². The second-order valence-electron chi connectivity index (χ2n) is 2.92. The van der Waals surface area contributed by atoms with Crippen LogP contribution in [0.2, 0.25) is 0 Å². The van der Waals surface area contributed by atoms with Gasteiger partial charge in [-0.2, -0.15) is 11.8 Å². The Bertz CT molecular complexity index is 357. The van der Waals surface area contributed by atoms with E-state index in [9.17, 15) is 9.18 Å². The van der Waals surface area contributed by atoms with Gasteiger partial charge in [0.25, 0.3) is 0 Å². The fraction of sp³-hybridized carbons (Fsp3) is 0.300. The van der Waals surface area contributed by atoms with Gasteiger partial charge in [0.1, 0.15) is 5.82 Å². The van der Waals surface area contributed by atoms with Crippen molar-refractivity contribution in [3.8, 4) is 0 Å². The summed E-state index contributed by atoms with van der Waals surface area (Å²) in [4.78, 5) is 11.3. The average Bonchev–Trinajstić information content (AvgIpc) is 2.20. The maximum Gasteiger partial charge on any atom is 0.234 e. The van der Waals surface area contributed by atoms with E-state index in [0.29, 0.717) is 11.4 Å². The molecule has 1 aromatic rings. The summed E-state index contributed by atoms with van der Waals surface area (Å²) in [5.41, 5.74) is 5.93. The molecule has 0 fully saturated rings. The molecule has 0 spiro atoms. The highest BCUT2D eigenvalue weighted by Gasteiger charge is 2.03. The van der Waals surface area contributed by atoms with E-state index in [2.05, 4.69) is 5.32 Å². The number of nitrogens with two attached hydrogens (primary N) is 1. The summed E-state index contributed by atoms with van der Waals surface area (Å²) in [5, 5.41) is 2.64. The van der Waals surface area contributed by atoms with E-state index in [-0.39, 0.29) is 11.6 Å². The third kappa shape index (κ3) is 3.79. The zero-order valence-electron chi connectivity index (χ0n) is 8.42. The molecular weight excluding hydrogens is 215 g/mol. The van der Waals surface area contributed by atoms with Gasteiger partial charge in [-0.25, -0.2) is 4.39 Å². The van der Waals surface area contributed by atoms with E-state index < -0.39 is 5.82 Å². The molecular formula is C10H13FN2OS. The lowest BCUT2D eigenvalue weighted by atomic mass is 10.2. The Labute approximate surface area is 92.2 Å². The van der Waals surface area contributed by atoms with Crippen LogP contribution in [0.3, 0.4) is 0 Å². The number of benzene rings is 1. The maximum absolute atomic E-state index is 12.8. The normalized spacial score (nSPS) is 10.0. The molecule has 0 aliphatic carbocycles. The van der Waals surface area contributed by atoms with E-state index in [1.165, 1.54) is 30.0 Å². The van der Waals surface area contributed by atoms with E-state index in [1.54, 1.807) is 0 Å². The predicted octanol–water partition coefficient (Wildman–Crippen LogP) is 2.10. The van der Waals surface area contributed by atoms with Crippen molar-refractivity contribution in [2.75, 3.05) is 22.6 Å². The smallest absolute Gasteiger partial charge is 0.234 e. The van der Waals surface area contributed by atoms with Crippen molar-refractivity contribution in [2.24, 2.45) is 0 Å². The van der Waals surface area contributed by atoms with Gasteiger partial charge in [0.05, 0.1) is 11.4 Å². The van der Waals surface area contributed by atoms with Crippen molar-refractivity contribution >= 4 is 29.0 Å². The maximum atomic E-state index is 12.8. The van der Waals surface area contributed by atoms with Crippen LogP contribution in [0.4, 0.5) is 15.8 Å². The molecule has 0 saturated carbocycles. The lowest BCUT2D eigenvalue weighted by Crippen LogP contribution is -2.14. The quantitative estimate of drug-likeness (QED) is 0.776. The molecule has 0 heterocycles. The van der Waals surface area contributed by atoms with Crippen LogP contribution in [0.5, 0.6) is 0 Å². The molecule has 0 saturated heterocycles. The lowest BCUT2D eigenvalue weighted by Gasteiger charge is -2.05. The monoisotopic (exact) mass is 228 g/mol. The van der Waals surface area contributed by atoms with Gasteiger partial charge >= 0.3 is 0 Å². The molecule has 82 valence electrons. The van der Waals surface area contributed by atoms with Gasteiger partial charge in [-0.15, -0.1) is 0 Å². The highest BCUT2D eigenvalue weighted by atomic mass is 32.2. The first-order chi connectivity index (χ1) is 7.13. The Balaban J connectivity index is 2.57. The zero-order valence-corrected chi connectivity index (χ0v) is 9.23. The summed E-state index contributed by atoms with van der Waals surface area (Å²) in [7, 11) is 0. The number of hydrogen-bond acceptors (Lipinski definition) is 3. The van der Waals surface area contributed by atoms with Gasteiger partial charge in [-0.05, 0) is 24.0 Å². The van der Waals surface area contributed by atoms with E-state index in [1.807, 2.05) is 6.92 Å². The number of anilines is 2. The van der Waals surface area contributed by atoms with Crippen LogP contribution in [0.25, 0.3) is 0 Å². The Morgan fingerprint density at radius 1 is 1.60 bits per heavy atom. The molecule has 0 atom stereocenters. The second kappa shape index (κ2) is 5.60. The second-order valence-corrected chi connectivity index (χ2v) is 4.20. The summed E-state index contributed by atoms with van der Waals surface area (Å²) < 4.78 is 12.8. The number of carbonyl (C=O) groups is 1. The summed E-state index contributed by atoms with van der Waals surface area (Å²) in [6, 6.07) is 4.13. The van der Waals surface area contributed by atoms with E-state index >= 15 is 0 Å². The number of carbonyl (C=O) groups excluding carboxylic acids is 1. The standard InChI is InChI=1S/C10H13FN2OS/c1-2-15-6-10(14)13-7-3-4-8(11)9(12)5-7/h3-5H,2,6,12H2,1H3,(H,13,14). The molecule has 0 aliphatic rings. The molecule has 0 bridgehead atoms. The first kappa shape index (κ1) is 11.8. The van der Waals surface area contributed by atoms with Gasteiger partial charge < -0.3 is 11.1 Å². The number of nitrogens with one attached hydrogen (secondary N) is 1. The third-order valence-electron chi connectivity index (χ3n) is 1.72. The minimum atomic E-state index is -0.476. The van der Waals surface area contributed by atoms with Crippen molar-refractivity contribution in [2.45, 2.75) is 6.92 Å². The Hall–Kier alpha value is -1.23. The van der Waals surface area contributed by atoms with E-state index in [4.69, 9.17) is 5.73 Å². The fourth-order valence-electron chi connectivity index (χ4n) is 1.01. The summed E-state index contributed by atoms with van der Waals surface area (Å²) in [6.07, 6.45) is 0. The van der Waals surface area contributed by atoms with Gasteiger partial charge in [-0.1, -0.05) is 6.92 Å². The predicted molar refractivity (Wildman–Crippen MR) is 62.4 cm³/mol. The number of rotatable bonds is 4. The van der Waals surface area contributed by atoms with Crippen molar-refractivity contribution < 1.29 is 9.18 Å². The Morgan fingerprint density at radius 2 is 2.33 bits per heavy atom. The molecule has 15 heavy (non-hydrogen) atoms. The Kier molecular flexibility index (Phi) is 4.42. The van der Waals surface area contributed by atoms with Crippen LogP contribution < -0.4 is 11.1 Å². The molecule has 1 amide bonds. The van der Waals surface area contributed by atoms with Crippen LogP contribution in [-0.2, 0) is 4.79 Å². The fourth-order valence-corrected chi connectivity index (χ4v) is 1.48. The highest BCUT2D eigenvalue weighted by molar-refractivity contribution is 7.99. The number of hydrogen-bond donors (Lipinski definition) is 2. The molecule has 0 aliphatic heterocycles. The van der Waals surface area contributed by atoms with Gasteiger partial charge in [0.15, 0.2) is 0 Å². The molecule has 0 unspecified atom stereocenters. The minimum Gasteiger partial charge on any atom is -0.396 e. The highest BCUT2D eigenvalue weighted by Crippen LogP contribution is 2.16. The molecule has 0 aromatic heterocycles. The first-order valence-corrected chi connectivity index (χ1v) is 5.71. The van der Waals surface area contributed by atoms with Gasteiger partial charge in [0.2, 0.25) is 5.91 Å². The van der Waals surface area contributed by atoms with Crippen LogP contribution in [0.1, 0.15) is 6.92 Å². The summed E-state index contributed by atoms with van der Waals surface area (Å²) >= 11 is 1.53. The average molecular weight is 228 g/mol. The molecule has 1 rings (SSSR count). The van der Waals surface area contributed by atoms with Crippen LogP contribution >= 0.6 is 11.8 Å². The molecule has 5 heteroatoms. The van der Waals surface area contributed by atoms with E-state index in [0.717, 1.165) is 5.75 Å². The SMILES string of the molecule is CCSCC(=O)Nc1ccc(F)c(N)c1. The molecule has 1 aromatic carbocycles. The number of thioether (sulfide) groups is 1. The lowest BCUT2D eigenvalue weighted by molar-refractivity contribution is -0.113. The number of amides is 1. The molecule has 3 N–H and O–H groups in total. The van der Waals surface area contributed by atoms with Crippen molar-refractivity contribution in [1.82, 2.24) is 0 Å². The van der Waals surface area contributed by atoms with Crippen molar-refractivity contribution in [3.05, 3.63) is 24.0 Å². The van der Waals surface area contributed by atoms with Crippen LogP contribution in [0, 0.1) is 5.82 Å². The molecule has 3 nitrogen and oxygen atoms in total. The minimum absolute atomic E-state index is 0.0379. The van der Waals surface area contributed by atoms with Crippen molar-refractivity contribution in [3.63, 3.8) is 0 Å². The zero-order chi connectivity index (χ0) is 11.3. The van der Waals surface area contributed by atoms with Gasteiger partial charge in [-0.3, -0.25) is 4.79 Å². The molecule has 0 radical (unpaired) electrons. The summed E-state index contributed by atoms with van der Waals surface area (Å²) in [6.45, 7) is 1.98.